The van der Waals surface area contributed by atoms with Crippen molar-refractivity contribution in [1.82, 2.24) is 9.78 Å². The third-order valence-electron chi connectivity index (χ3n) is 1.99. The Balaban J connectivity index is 2.79. The fourth-order valence-corrected chi connectivity index (χ4v) is 1.37. The van der Waals surface area contributed by atoms with E-state index in [-0.39, 0.29) is 5.75 Å². The molecule has 0 fully saturated rings. The molecule has 0 spiro atoms. The smallest absolute Gasteiger partial charge is 0.125 e. The molecule has 2 aromatic rings. The van der Waals surface area contributed by atoms with Gasteiger partial charge in [0.1, 0.15) is 5.75 Å². The van der Waals surface area contributed by atoms with Gasteiger partial charge in [-0.1, -0.05) is 12.7 Å². The van der Waals surface area contributed by atoms with Gasteiger partial charge >= 0.3 is 0 Å². The molecule has 0 bridgehead atoms. The molecule has 0 aliphatic carbocycles. The Labute approximate surface area is 75.9 Å². The van der Waals surface area contributed by atoms with Crippen LogP contribution in [0, 0.1) is 0 Å². The fourth-order valence-electron chi connectivity index (χ4n) is 1.37. The summed E-state index contributed by atoms with van der Waals surface area (Å²) in [5.74, 6) is 0.223. The van der Waals surface area contributed by atoms with E-state index in [0.29, 0.717) is 0 Å². The van der Waals surface area contributed by atoms with Gasteiger partial charge in [0, 0.05) is 30.3 Å². The van der Waals surface area contributed by atoms with Gasteiger partial charge in [-0.2, -0.15) is 5.10 Å². The minimum Gasteiger partial charge on any atom is -0.507 e. The predicted molar refractivity (Wildman–Crippen MR) is 52.5 cm³/mol. The first-order valence-electron chi connectivity index (χ1n) is 3.99. The average Bonchev–Trinajstić information content (AvgIpc) is 2.42. The number of phenolic OH excluding ortho intramolecular Hbond substituents is 1. The summed E-state index contributed by atoms with van der Waals surface area (Å²) in [6.07, 6.45) is 3.53. The number of benzene rings is 1. The molecule has 0 aliphatic heterocycles. The Hall–Kier alpha value is -1.77. The molecule has 1 aromatic carbocycles. The van der Waals surface area contributed by atoms with Crippen molar-refractivity contribution in [3.8, 4) is 5.75 Å². The van der Waals surface area contributed by atoms with Crippen LogP contribution in [0.15, 0.2) is 24.9 Å². The number of aryl methyl sites for hydroxylation is 1. The summed E-state index contributed by atoms with van der Waals surface area (Å²) in [7, 11) is 1.85. The Morgan fingerprint density at radius 1 is 1.54 bits per heavy atom. The van der Waals surface area contributed by atoms with Gasteiger partial charge in [0.2, 0.25) is 0 Å². The van der Waals surface area contributed by atoms with Crippen molar-refractivity contribution in [2.24, 2.45) is 7.05 Å². The molecule has 1 N–H and O–H groups in total. The van der Waals surface area contributed by atoms with Crippen LogP contribution in [0.4, 0.5) is 0 Å². The molecule has 0 radical (unpaired) electrons. The SMILES string of the molecule is C=Cc1cc2cn(C)nc2cc1O. The second kappa shape index (κ2) is 2.62. The van der Waals surface area contributed by atoms with Gasteiger partial charge in [0.25, 0.3) is 0 Å². The summed E-state index contributed by atoms with van der Waals surface area (Å²) in [5.41, 5.74) is 1.53. The Morgan fingerprint density at radius 2 is 2.31 bits per heavy atom. The minimum absolute atomic E-state index is 0.223. The van der Waals surface area contributed by atoms with Gasteiger partial charge < -0.3 is 5.11 Å². The second-order valence-electron chi connectivity index (χ2n) is 2.98. The summed E-state index contributed by atoms with van der Waals surface area (Å²) < 4.78 is 1.72. The van der Waals surface area contributed by atoms with E-state index in [1.807, 2.05) is 19.3 Å². The first-order chi connectivity index (χ1) is 6.20. The van der Waals surface area contributed by atoms with Crippen LogP contribution < -0.4 is 0 Å². The lowest BCUT2D eigenvalue weighted by Crippen LogP contribution is -1.84. The molecule has 2 rings (SSSR count). The zero-order valence-corrected chi connectivity index (χ0v) is 7.36. The molecule has 0 unspecified atom stereocenters. The maximum Gasteiger partial charge on any atom is 0.125 e. The third kappa shape index (κ3) is 1.18. The normalized spacial score (nSPS) is 10.5. The van der Waals surface area contributed by atoms with Crippen LogP contribution in [0.25, 0.3) is 17.0 Å². The van der Waals surface area contributed by atoms with E-state index in [0.717, 1.165) is 16.5 Å². The first-order valence-corrected chi connectivity index (χ1v) is 3.99. The molecular weight excluding hydrogens is 164 g/mol. The molecule has 13 heavy (non-hydrogen) atoms. The number of hydrogen-bond donors (Lipinski definition) is 1. The van der Waals surface area contributed by atoms with E-state index in [1.165, 1.54) is 0 Å². The van der Waals surface area contributed by atoms with Gasteiger partial charge in [0.15, 0.2) is 0 Å². The topological polar surface area (TPSA) is 38.0 Å². The minimum atomic E-state index is 0.223. The Kier molecular flexibility index (Phi) is 1.59. The summed E-state index contributed by atoms with van der Waals surface area (Å²) in [4.78, 5) is 0. The molecule has 1 heterocycles. The molecule has 0 saturated heterocycles. The van der Waals surface area contributed by atoms with Crippen LogP contribution in [0.5, 0.6) is 5.75 Å². The predicted octanol–water partition coefficient (Wildman–Crippen LogP) is 1.92. The van der Waals surface area contributed by atoms with E-state index >= 15 is 0 Å². The number of rotatable bonds is 1. The maximum absolute atomic E-state index is 9.50. The van der Waals surface area contributed by atoms with E-state index in [9.17, 15) is 5.11 Å². The van der Waals surface area contributed by atoms with Crippen LogP contribution >= 0.6 is 0 Å². The molecular formula is C10H10N2O. The van der Waals surface area contributed by atoms with Crippen LogP contribution in [0.3, 0.4) is 0 Å². The molecule has 0 amide bonds. The highest BCUT2D eigenvalue weighted by Gasteiger charge is 2.03. The fraction of sp³-hybridized carbons (Fsp3) is 0.100. The number of aromatic nitrogens is 2. The van der Waals surface area contributed by atoms with Gasteiger partial charge in [-0.3, -0.25) is 4.68 Å². The molecule has 0 saturated carbocycles. The van der Waals surface area contributed by atoms with Crippen LogP contribution in [-0.4, -0.2) is 14.9 Å². The number of aromatic hydroxyl groups is 1. The van der Waals surface area contributed by atoms with Gasteiger partial charge in [-0.25, -0.2) is 0 Å². The number of fused-ring (bicyclic) bond motifs is 1. The summed E-state index contributed by atoms with van der Waals surface area (Å²) in [5, 5.41) is 14.7. The van der Waals surface area contributed by atoms with Gasteiger partial charge in [-0.15, -0.1) is 0 Å². The number of nitrogens with zero attached hydrogens (tertiary/aromatic N) is 2. The highest BCUT2D eigenvalue weighted by atomic mass is 16.3. The van der Waals surface area contributed by atoms with E-state index in [4.69, 9.17) is 0 Å². The van der Waals surface area contributed by atoms with E-state index < -0.39 is 0 Å². The van der Waals surface area contributed by atoms with Crippen molar-refractivity contribution < 1.29 is 5.11 Å². The highest BCUT2D eigenvalue weighted by Crippen LogP contribution is 2.24. The second-order valence-corrected chi connectivity index (χ2v) is 2.98. The van der Waals surface area contributed by atoms with Crippen molar-refractivity contribution in [1.29, 1.82) is 0 Å². The molecule has 1 aromatic heterocycles. The highest BCUT2D eigenvalue weighted by molar-refractivity contribution is 5.83. The van der Waals surface area contributed by atoms with E-state index in [1.54, 1.807) is 16.8 Å². The molecule has 0 atom stereocenters. The first kappa shape index (κ1) is 7.86. The summed E-state index contributed by atoms with van der Waals surface area (Å²) in [6, 6.07) is 3.51. The van der Waals surface area contributed by atoms with Crippen molar-refractivity contribution >= 4 is 17.0 Å². The largest absolute Gasteiger partial charge is 0.507 e. The van der Waals surface area contributed by atoms with Gasteiger partial charge in [-0.05, 0) is 6.07 Å². The molecule has 3 nitrogen and oxygen atoms in total. The van der Waals surface area contributed by atoms with Crippen LogP contribution in [0.1, 0.15) is 5.56 Å². The van der Waals surface area contributed by atoms with Crippen molar-refractivity contribution in [2.75, 3.05) is 0 Å². The van der Waals surface area contributed by atoms with Crippen molar-refractivity contribution in [3.05, 3.63) is 30.5 Å². The van der Waals surface area contributed by atoms with Crippen molar-refractivity contribution in [2.45, 2.75) is 0 Å². The summed E-state index contributed by atoms with van der Waals surface area (Å²) >= 11 is 0. The lowest BCUT2D eigenvalue weighted by molar-refractivity contribution is 0.475. The lowest BCUT2D eigenvalue weighted by Gasteiger charge is -1.96. The lowest BCUT2D eigenvalue weighted by atomic mass is 10.1. The van der Waals surface area contributed by atoms with Crippen LogP contribution in [-0.2, 0) is 7.05 Å². The zero-order chi connectivity index (χ0) is 9.42. The van der Waals surface area contributed by atoms with Gasteiger partial charge in [0.05, 0.1) is 5.52 Å². The number of hydrogen-bond acceptors (Lipinski definition) is 2. The monoisotopic (exact) mass is 174 g/mol. The number of phenols is 1. The zero-order valence-electron chi connectivity index (χ0n) is 7.36. The maximum atomic E-state index is 9.50. The average molecular weight is 174 g/mol. The van der Waals surface area contributed by atoms with E-state index in [2.05, 4.69) is 11.7 Å². The third-order valence-corrected chi connectivity index (χ3v) is 1.99. The van der Waals surface area contributed by atoms with Crippen LogP contribution in [0.2, 0.25) is 0 Å². The Bertz CT molecular complexity index is 471. The Morgan fingerprint density at radius 3 is 3.00 bits per heavy atom. The van der Waals surface area contributed by atoms with Crippen molar-refractivity contribution in [3.63, 3.8) is 0 Å². The molecule has 0 aliphatic rings. The molecule has 3 heteroatoms. The molecule has 66 valence electrons. The summed E-state index contributed by atoms with van der Waals surface area (Å²) in [6.45, 7) is 3.62. The quantitative estimate of drug-likeness (QED) is 0.717. The standard InChI is InChI=1S/C10H10N2O/c1-3-7-4-8-6-12(2)11-9(8)5-10(7)13/h3-6,13H,1H2,2H3.